The first kappa shape index (κ1) is 17.2. The van der Waals surface area contributed by atoms with Crippen molar-refractivity contribution in [3.63, 3.8) is 0 Å². The number of fused-ring (bicyclic) bond motifs is 1. The number of hydrogen-bond donors (Lipinski definition) is 1. The number of alkyl halides is 3. The zero-order chi connectivity index (χ0) is 18.0. The molecule has 3 rings (SSSR count). The van der Waals surface area contributed by atoms with E-state index >= 15 is 0 Å². The van der Waals surface area contributed by atoms with Gasteiger partial charge in [-0.2, -0.15) is 18.3 Å². The van der Waals surface area contributed by atoms with E-state index in [1.807, 2.05) is 0 Å². The molecule has 1 aromatic carbocycles. The van der Waals surface area contributed by atoms with Crippen molar-refractivity contribution in [1.29, 1.82) is 0 Å². The standard InChI is InChI=1S/C16H15F3N4O2/c1-3-24-8-25-13-5-10(16(17,18)19)4-9(2)14(13)11-6-20-12-7-21-23-15(12)22-11/h4-7H,3,8H2,1-2H3,(H,21,22,23). The maximum atomic E-state index is 13.1. The van der Waals surface area contributed by atoms with Crippen LogP contribution in [0.25, 0.3) is 22.4 Å². The number of hydrogen-bond acceptors (Lipinski definition) is 5. The summed E-state index contributed by atoms with van der Waals surface area (Å²) >= 11 is 0. The van der Waals surface area contributed by atoms with Crippen molar-refractivity contribution < 1.29 is 22.6 Å². The molecule has 0 unspecified atom stereocenters. The van der Waals surface area contributed by atoms with Gasteiger partial charge < -0.3 is 9.47 Å². The number of nitrogens with zero attached hydrogens (tertiary/aromatic N) is 3. The molecule has 3 aromatic rings. The molecule has 0 amide bonds. The summed E-state index contributed by atoms with van der Waals surface area (Å²) in [6, 6.07) is 2.00. The predicted octanol–water partition coefficient (Wildman–Crippen LogP) is 3.72. The van der Waals surface area contributed by atoms with Crippen LogP contribution in [0.1, 0.15) is 18.1 Å². The molecule has 0 bridgehead atoms. The summed E-state index contributed by atoms with van der Waals surface area (Å²) in [6.45, 7) is 3.54. The SMILES string of the molecule is CCOCOc1cc(C(F)(F)F)cc(C)c1-c1cnc2c[nH]nc2n1. The zero-order valence-corrected chi connectivity index (χ0v) is 13.5. The lowest BCUT2D eigenvalue weighted by Crippen LogP contribution is -2.09. The molecule has 1 N–H and O–H groups in total. The molecular weight excluding hydrogens is 337 g/mol. The van der Waals surface area contributed by atoms with E-state index in [0.717, 1.165) is 12.1 Å². The van der Waals surface area contributed by atoms with Gasteiger partial charge in [-0.3, -0.25) is 5.10 Å². The van der Waals surface area contributed by atoms with E-state index in [-0.39, 0.29) is 12.5 Å². The van der Waals surface area contributed by atoms with Gasteiger partial charge in [0.2, 0.25) is 0 Å². The second-order valence-electron chi connectivity index (χ2n) is 5.27. The van der Waals surface area contributed by atoms with Crippen LogP contribution in [-0.2, 0) is 10.9 Å². The van der Waals surface area contributed by atoms with Crippen molar-refractivity contribution in [2.45, 2.75) is 20.0 Å². The molecule has 0 atom stereocenters. The van der Waals surface area contributed by atoms with E-state index in [1.165, 1.54) is 6.20 Å². The fourth-order valence-electron chi connectivity index (χ4n) is 2.40. The third kappa shape index (κ3) is 3.55. The Morgan fingerprint density at radius 2 is 2.04 bits per heavy atom. The Labute approximate surface area is 141 Å². The van der Waals surface area contributed by atoms with Crippen LogP contribution in [0.15, 0.2) is 24.5 Å². The predicted molar refractivity (Wildman–Crippen MR) is 84.0 cm³/mol. The highest BCUT2D eigenvalue weighted by atomic mass is 19.4. The highest BCUT2D eigenvalue weighted by Crippen LogP contribution is 2.39. The molecule has 132 valence electrons. The van der Waals surface area contributed by atoms with Gasteiger partial charge in [-0.25, -0.2) is 9.97 Å². The van der Waals surface area contributed by atoms with Gasteiger partial charge in [-0.15, -0.1) is 0 Å². The van der Waals surface area contributed by atoms with Gasteiger partial charge in [-0.05, 0) is 31.5 Å². The van der Waals surface area contributed by atoms with Crippen LogP contribution in [0.4, 0.5) is 13.2 Å². The number of aromatic nitrogens is 4. The molecule has 0 aliphatic rings. The zero-order valence-electron chi connectivity index (χ0n) is 13.5. The largest absolute Gasteiger partial charge is 0.467 e. The summed E-state index contributed by atoms with van der Waals surface area (Å²) in [6.07, 6.45) is -1.43. The molecule has 0 fully saturated rings. The third-order valence-corrected chi connectivity index (χ3v) is 3.54. The Bertz CT molecular complexity index is 893. The lowest BCUT2D eigenvalue weighted by molar-refractivity contribution is -0.137. The Hall–Kier alpha value is -2.68. The molecule has 2 heterocycles. The first-order chi connectivity index (χ1) is 11.9. The quantitative estimate of drug-likeness (QED) is 0.560. The molecule has 9 heteroatoms. The van der Waals surface area contributed by atoms with Crippen LogP contribution in [0, 0.1) is 6.92 Å². The molecule has 0 saturated heterocycles. The molecule has 6 nitrogen and oxygen atoms in total. The van der Waals surface area contributed by atoms with E-state index in [9.17, 15) is 13.2 Å². The van der Waals surface area contributed by atoms with Gasteiger partial charge >= 0.3 is 6.18 Å². The van der Waals surface area contributed by atoms with Crippen molar-refractivity contribution in [3.05, 3.63) is 35.7 Å². The fourth-order valence-corrected chi connectivity index (χ4v) is 2.40. The molecular formula is C16H15F3N4O2. The molecule has 0 saturated carbocycles. The van der Waals surface area contributed by atoms with Crippen LogP contribution < -0.4 is 4.74 Å². The first-order valence-electron chi connectivity index (χ1n) is 7.49. The number of nitrogens with one attached hydrogen (secondary N) is 1. The Balaban J connectivity index is 2.12. The third-order valence-electron chi connectivity index (χ3n) is 3.54. The maximum Gasteiger partial charge on any atom is 0.416 e. The average Bonchev–Trinajstić information content (AvgIpc) is 3.01. The Kier molecular flexibility index (Phi) is 4.58. The van der Waals surface area contributed by atoms with Crippen LogP contribution in [0.3, 0.4) is 0 Å². The van der Waals surface area contributed by atoms with Crippen molar-refractivity contribution >= 4 is 11.2 Å². The van der Waals surface area contributed by atoms with E-state index in [0.29, 0.717) is 34.6 Å². The number of rotatable bonds is 5. The van der Waals surface area contributed by atoms with Crippen molar-refractivity contribution in [1.82, 2.24) is 20.2 Å². The van der Waals surface area contributed by atoms with E-state index < -0.39 is 11.7 Å². The van der Waals surface area contributed by atoms with Crippen LogP contribution in [-0.4, -0.2) is 33.6 Å². The lowest BCUT2D eigenvalue weighted by Gasteiger charge is -2.16. The van der Waals surface area contributed by atoms with Gasteiger partial charge in [0, 0.05) is 18.4 Å². The highest BCUT2D eigenvalue weighted by molar-refractivity contribution is 5.77. The van der Waals surface area contributed by atoms with Crippen molar-refractivity contribution in [3.8, 4) is 17.0 Å². The highest BCUT2D eigenvalue weighted by Gasteiger charge is 2.32. The summed E-state index contributed by atoms with van der Waals surface area (Å²) in [4.78, 5) is 8.54. The molecule has 0 spiro atoms. The summed E-state index contributed by atoms with van der Waals surface area (Å²) in [7, 11) is 0. The second-order valence-corrected chi connectivity index (χ2v) is 5.27. The van der Waals surface area contributed by atoms with E-state index in [1.54, 1.807) is 20.0 Å². The number of aromatic amines is 1. The average molecular weight is 352 g/mol. The normalized spacial score (nSPS) is 11.9. The Morgan fingerprint density at radius 3 is 2.76 bits per heavy atom. The minimum absolute atomic E-state index is 0.0324. The monoisotopic (exact) mass is 352 g/mol. The number of H-pyrrole nitrogens is 1. The van der Waals surface area contributed by atoms with E-state index in [2.05, 4.69) is 20.2 Å². The van der Waals surface area contributed by atoms with Crippen LogP contribution in [0.2, 0.25) is 0 Å². The minimum atomic E-state index is -4.48. The van der Waals surface area contributed by atoms with E-state index in [4.69, 9.17) is 9.47 Å². The summed E-state index contributed by atoms with van der Waals surface area (Å²) in [5.41, 5.74) is 1.29. The molecule has 2 aromatic heterocycles. The summed E-state index contributed by atoms with van der Waals surface area (Å²) in [5.74, 6) is 0.0324. The lowest BCUT2D eigenvalue weighted by atomic mass is 10.0. The van der Waals surface area contributed by atoms with Gasteiger partial charge in [0.25, 0.3) is 0 Å². The summed E-state index contributed by atoms with van der Waals surface area (Å²) < 4.78 is 49.8. The number of halogens is 3. The van der Waals surface area contributed by atoms with Gasteiger partial charge in [0.15, 0.2) is 12.4 Å². The smallest absolute Gasteiger partial charge is 0.416 e. The van der Waals surface area contributed by atoms with Crippen LogP contribution in [0.5, 0.6) is 5.75 Å². The summed E-state index contributed by atoms with van der Waals surface area (Å²) in [5, 5.41) is 6.59. The van der Waals surface area contributed by atoms with Crippen molar-refractivity contribution in [2.75, 3.05) is 13.4 Å². The minimum Gasteiger partial charge on any atom is -0.467 e. The first-order valence-corrected chi connectivity index (χ1v) is 7.49. The molecule has 0 aliphatic heterocycles. The van der Waals surface area contributed by atoms with Crippen LogP contribution >= 0.6 is 0 Å². The number of ether oxygens (including phenoxy) is 2. The van der Waals surface area contributed by atoms with Gasteiger partial charge in [-0.1, -0.05) is 0 Å². The molecule has 0 radical (unpaired) electrons. The number of benzene rings is 1. The fraction of sp³-hybridized carbons (Fsp3) is 0.312. The van der Waals surface area contributed by atoms with Gasteiger partial charge in [0.1, 0.15) is 11.3 Å². The Morgan fingerprint density at radius 1 is 1.24 bits per heavy atom. The van der Waals surface area contributed by atoms with Crippen molar-refractivity contribution in [2.24, 2.45) is 0 Å². The van der Waals surface area contributed by atoms with Gasteiger partial charge in [0.05, 0.1) is 17.5 Å². The second kappa shape index (κ2) is 6.67. The molecule has 25 heavy (non-hydrogen) atoms. The maximum absolute atomic E-state index is 13.1. The molecule has 0 aliphatic carbocycles. The number of aryl methyl sites for hydroxylation is 1. The topological polar surface area (TPSA) is 72.9 Å².